The number of aliphatic hydroxyl groups is 2. The van der Waals surface area contributed by atoms with Crippen molar-refractivity contribution in [1.82, 2.24) is 0 Å². The summed E-state index contributed by atoms with van der Waals surface area (Å²) in [6, 6.07) is 2.05. The predicted octanol–water partition coefficient (Wildman–Crippen LogP) is 3.34. The summed E-state index contributed by atoms with van der Waals surface area (Å²) in [6.45, 7) is 6.41. The molecule has 2 saturated carbocycles. The maximum atomic E-state index is 13.2. The Hall–Kier alpha value is -1.69. The molecule has 9 atom stereocenters. The molecule has 3 fully saturated rings. The van der Waals surface area contributed by atoms with E-state index >= 15 is 0 Å². The van der Waals surface area contributed by atoms with E-state index in [0.717, 1.165) is 19.3 Å². The molecule has 5 aliphatic rings. The van der Waals surface area contributed by atoms with Crippen LogP contribution in [0.15, 0.2) is 46.8 Å². The Labute approximate surface area is 170 Å². The van der Waals surface area contributed by atoms with Crippen LogP contribution in [0, 0.1) is 28.1 Å². The molecule has 29 heavy (non-hydrogen) atoms. The topological polar surface area (TPSA) is 79.9 Å². The standard InChI is InChI=1S/C24H28O5/c1-21-9-6-16-22(2,15(21)5-4-14(21)13-8-11-28-12-13)20-18(26)19-23(16,3)17(25)7-10-24(19,27)29-20/h5,7-8,10-12,14,16,18-20,26-27H,4,6,9H2,1-3H3/t14-,16-,18+,19+,20+,21-,22-,23-,24+/m0/s1. The number of ketones is 1. The van der Waals surface area contributed by atoms with Crippen molar-refractivity contribution in [3.63, 3.8) is 0 Å². The van der Waals surface area contributed by atoms with E-state index < -0.39 is 34.7 Å². The van der Waals surface area contributed by atoms with Crippen molar-refractivity contribution in [2.24, 2.45) is 28.1 Å². The van der Waals surface area contributed by atoms with Crippen LogP contribution in [0.3, 0.4) is 0 Å². The fourth-order valence-electron chi connectivity index (χ4n) is 8.33. The number of carbonyl (C=O) groups excluding carboxylic acids is 1. The van der Waals surface area contributed by atoms with Gasteiger partial charge in [0.25, 0.3) is 0 Å². The van der Waals surface area contributed by atoms with Crippen molar-refractivity contribution in [3.05, 3.63) is 48.0 Å². The third kappa shape index (κ3) is 1.79. The van der Waals surface area contributed by atoms with Gasteiger partial charge in [-0.1, -0.05) is 32.4 Å². The van der Waals surface area contributed by atoms with E-state index in [1.54, 1.807) is 6.26 Å². The molecular formula is C24H28O5. The number of furan rings is 1. The van der Waals surface area contributed by atoms with Gasteiger partial charge in [-0.3, -0.25) is 4.79 Å². The highest BCUT2D eigenvalue weighted by atomic mass is 16.6. The first-order chi connectivity index (χ1) is 13.7. The van der Waals surface area contributed by atoms with Crippen LogP contribution in [-0.2, 0) is 9.53 Å². The van der Waals surface area contributed by atoms with Gasteiger partial charge in [0.15, 0.2) is 11.6 Å². The van der Waals surface area contributed by atoms with E-state index in [4.69, 9.17) is 9.15 Å². The van der Waals surface area contributed by atoms with Crippen LogP contribution < -0.4 is 0 Å². The van der Waals surface area contributed by atoms with Gasteiger partial charge in [0.2, 0.25) is 0 Å². The first kappa shape index (κ1) is 18.1. The molecule has 5 heteroatoms. The van der Waals surface area contributed by atoms with E-state index in [0.29, 0.717) is 5.92 Å². The summed E-state index contributed by atoms with van der Waals surface area (Å²) in [4.78, 5) is 13.2. The van der Waals surface area contributed by atoms with E-state index in [2.05, 4.69) is 19.9 Å². The normalized spacial score (nSPS) is 54.9. The van der Waals surface area contributed by atoms with Crippen LogP contribution in [0.5, 0.6) is 0 Å². The van der Waals surface area contributed by atoms with Crippen molar-refractivity contribution < 1.29 is 24.2 Å². The van der Waals surface area contributed by atoms with Crippen LogP contribution in [0.4, 0.5) is 0 Å². The lowest BCUT2D eigenvalue weighted by atomic mass is 9.40. The lowest BCUT2D eigenvalue weighted by Gasteiger charge is -2.62. The minimum atomic E-state index is -1.58. The Morgan fingerprint density at radius 1 is 1.21 bits per heavy atom. The maximum absolute atomic E-state index is 13.2. The molecule has 5 nitrogen and oxygen atoms in total. The summed E-state index contributed by atoms with van der Waals surface area (Å²) in [5.74, 6) is -1.87. The Kier molecular flexibility index (Phi) is 3.20. The Balaban J connectivity index is 1.53. The zero-order valence-electron chi connectivity index (χ0n) is 17.1. The molecule has 1 aliphatic heterocycles. The third-order valence-corrected chi connectivity index (χ3v) is 9.52. The van der Waals surface area contributed by atoms with Gasteiger partial charge in [-0.25, -0.2) is 0 Å². The molecule has 1 aromatic heterocycles. The average molecular weight is 396 g/mol. The van der Waals surface area contributed by atoms with Crippen molar-refractivity contribution in [2.45, 2.75) is 63.9 Å². The number of carbonyl (C=O) groups is 1. The lowest BCUT2D eigenvalue weighted by molar-refractivity contribution is -0.191. The molecule has 2 N–H and O–H groups in total. The molecule has 1 saturated heterocycles. The lowest BCUT2D eigenvalue weighted by Crippen LogP contribution is -2.66. The Bertz CT molecular complexity index is 962. The second-order valence-corrected chi connectivity index (χ2v) is 10.5. The van der Waals surface area contributed by atoms with Crippen LogP contribution in [-0.4, -0.2) is 34.0 Å². The molecule has 0 unspecified atom stereocenters. The second kappa shape index (κ2) is 5.13. The molecule has 1 aromatic rings. The van der Waals surface area contributed by atoms with Gasteiger partial charge >= 0.3 is 0 Å². The van der Waals surface area contributed by atoms with Gasteiger partial charge < -0.3 is 19.4 Å². The van der Waals surface area contributed by atoms with Crippen molar-refractivity contribution in [3.8, 4) is 0 Å². The summed E-state index contributed by atoms with van der Waals surface area (Å²) in [6.07, 6.45) is 10.2. The monoisotopic (exact) mass is 396 g/mol. The molecular weight excluding hydrogens is 368 g/mol. The van der Waals surface area contributed by atoms with Crippen LogP contribution in [0.25, 0.3) is 0 Å². The molecule has 0 aromatic carbocycles. The number of fused-ring (bicyclic) bond motifs is 6. The molecule has 154 valence electrons. The molecule has 2 bridgehead atoms. The first-order valence-electron chi connectivity index (χ1n) is 10.7. The number of allylic oxidation sites excluding steroid dienone is 2. The maximum Gasteiger partial charge on any atom is 0.192 e. The highest BCUT2D eigenvalue weighted by molar-refractivity contribution is 5.97. The number of aliphatic hydroxyl groups excluding tert-OH is 1. The number of ether oxygens (including phenoxy) is 1. The fourth-order valence-corrected chi connectivity index (χ4v) is 8.33. The zero-order chi connectivity index (χ0) is 20.4. The first-order valence-corrected chi connectivity index (χ1v) is 10.7. The zero-order valence-corrected chi connectivity index (χ0v) is 17.1. The molecule has 6 rings (SSSR count). The van der Waals surface area contributed by atoms with E-state index in [9.17, 15) is 15.0 Å². The molecule has 0 amide bonds. The van der Waals surface area contributed by atoms with Crippen molar-refractivity contribution in [2.75, 3.05) is 0 Å². The second-order valence-electron chi connectivity index (χ2n) is 10.5. The van der Waals surface area contributed by atoms with Gasteiger partial charge in [-0.05, 0) is 60.3 Å². The largest absolute Gasteiger partial charge is 0.472 e. The number of hydrogen-bond acceptors (Lipinski definition) is 5. The van der Waals surface area contributed by atoms with Crippen molar-refractivity contribution in [1.29, 1.82) is 0 Å². The number of hydrogen-bond donors (Lipinski definition) is 2. The third-order valence-electron chi connectivity index (χ3n) is 9.52. The van der Waals surface area contributed by atoms with Crippen LogP contribution >= 0.6 is 0 Å². The molecule has 0 spiro atoms. The number of rotatable bonds is 1. The quantitative estimate of drug-likeness (QED) is 0.712. The minimum absolute atomic E-state index is 0.0000143. The van der Waals surface area contributed by atoms with Gasteiger partial charge in [-0.15, -0.1) is 0 Å². The highest BCUT2D eigenvalue weighted by Gasteiger charge is 2.77. The summed E-state index contributed by atoms with van der Waals surface area (Å²) >= 11 is 0. The van der Waals surface area contributed by atoms with Crippen molar-refractivity contribution >= 4 is 5.78 Å². The SMILES string of the molecule is C[C@]12C3=CC[C@@H](c4ccoc4)[C@]3(C)CC[C@@H]1[C@@]1(C)C(=O)C=C[C@@]3(O)O[C@@H]2[C@H](O)[C@H]13. The van der Waals surface area contributed by atoms with E-state index in [1.807, 2.05) is 19.3 Å². The smallest absolute Gasteiger partial charge is 0.192 e. The summed E-state index contributed by atoms with van der Waals surface area (Å²) in [5, 5.41) is 22.6. The minimum Gasteiger partial charge on any atom is -0.472 e. The van der Waals surface area contributed by atoms with E-state index in [1.165, 1.54) is 23.3 Å². The fraction of sp³-hybridized carbons (Fsp3) is 0.625. The summed E-state index contributed by atoms with van der Waals surface area (Å²) in [5.41, 5.74) is 1.03. The Morgan fingerprint density at radius 3 is 2.72 bits per heavy atom. The van der Waals surface area contributed by atoms with Gasteiger partial charge in [-0.2, -0.15) is 0 Å². The van der Waals surface area contributed by atoms with Crippen LogP contribution in [0.1, 0.15) is 51.5 Å². The predicted molar refractivity (Wildman–Crippen MR) is 105 cm³/mol. The molecule has 4 aliphatic carbocycles. The van der Waals surface area contributed by atoms with E-state index in [-0.39, 0.29) is 17.1 Å². The summed E-state index contributed by atoms with van der Waals surface area (Å²) in [7, 11) is 0. The van der Waals surface area contributed by atoms with Gasteiger partial charge in [0.1, 0.15) is 0 Å². The average Bonchev–Trinajstić information content (AvgIpc) is 3.35. The highest BCUT2D eigenvalue weighted by Crippen LogP contribution is 2.74. The Morgan fingerprint density at radius 2 is 2.00 bits per heavy atom. The summed E-state index contributed by atoms with van der Waals surface area (Å²) < 4.78 is 11.6. The van der Waals surface area contributed by atoms with Crippen LogP contribution in [0.2, 0.25) is 0 Å². The van der Waals surface area contributed by atoms with Gasteiger partial charge in [0, 0.05) is 10.8 Å². The molecule has 0 radical (unpaired) electrons. The van der Waals surface area contributed by atoms with Gasteiger partial charge in [0.05, 0.1) is 30.7 Å². The molecule has 2 heterocycles.